The highest BCUT2D eigenvalue weighted by atomic mass is 16.7. The zero-order valence-corrected chi connectivity index (χ0v) is 23.4. The van der Waals surface area contributed by atoms with Gasteiger partial charge in [-0.2, -0.15) is 0 Å². The quantitative estimate of drug-likeness (QED) is 0.244. The summed E-state index contributed by atoms with van der Waals surface area (Å²) in [4.78, 5) is 0. The molecule has 1 fully saturated rings. The normalized spacial score (nSPS) is 16.2. The van der Waals surface area contributed by atoms with Crippen molar-refractivity contribution in [3.63, 3.8) is 0 Å². The maximum Gasteiger partial charge on any atom is 0.199 e. The Hall–Kier alpha value is -3.08. The molecule has 1 aromatic heterocycles. The van der Waals surface area contributed by atoms with Crippen LogP contribution in [0.4, 0.5) is 0 Å². The lowest BCUT2D eigenvalue weighted by molar-refractivity contribution is -0.105. The number of aromatic nitrogens is 1. The van der Waals surface area contributed by atoms with Crippen LogP contribution in [0.1, 0.15) is 87.8 Å². The summed E-state index contributed by atoms with van der Waals surface area (Å²) in [5, 5.41) is 12.7. The largest absolute Gasteiger partial charge is 0.465 e. The average Bonchev–Trinajstić information content (AvgIpc) is 3.28. The van der Waals surface area contributed by atoms with Crippen molar-refractivity contribution < 1.29 is 14.6 Å². The number of hydrogen-bond acceptors (Lipinski definition) is 3. The standard InChI is InChI=1S/C32H37NO3.C2H6/c1-23(2)32-31(29(34)19-16-24-11-5-3-6-12-24)27-21-26(36-30-15-9-10-20-35-30)17-18-28(27)33(32)22-25-13-7-4-8-14-25;1-2/h3-8,11-14,17-18,21,23,29-30,34H,9-10,15-16,19-20,22H2,1-2H3;1-2H3. The minimum Gasteiger partial charge on any atom is -0.465 e. The lowest BCUT2D eigenvalue weighted by Gasteiger charge is -2.23. The van der Waals surface area contributed by atoms with Gasteiger partial charge in [0.15, 0.2) is 6.29 Å². The van der Waals surface area contributed by atoms with Crippen molar-refractivity contribution in [2.45, 2.75) is 84.7 Å². The van der Waals surface area contributed by atoms with Crippen LogP contribution in [0.2, 0.25) is 0 Å². The molecular weight excluding hydrogens is 470 g/mol. The maximum atomic E-state index is 11.6. The molecule has 0 spiro atoms. The highest BCUT2D eigenvalue weighted by molar-refractivity contribution is 5.87. The van der Waals surface area contributed by atoms with Gasteiger partial charge in [0.1, 0.15) is 5.75 Å². The first kappa shape index (κ1) is 27.9. The summed E-state index contributed by atoms with van der Waals surface area (Å²) in [6.07, 6.45) is 3.87. The van der Waals surface area contributed by atoms with Gasteiger partial charge in [-0.1, -0.05) is 88.4 Å². The van der Waals surface area contributed by atoms with Crippen LogP contribution < -0.4 is 4.74 Å². The molecule has 1 aliphatic heterocycles. The molecule has 202 valence electrons. The number of aliphatic hydroxyl groups excluding tert-OH is 1. The summed E-state index contributed by atoms with van der Waals surface area (Å²) in [7, 11) is 0. The summed E-state index contributed by atoms with van der Waals surface area (Å²) >= 11 is 0. The van der Waals surface area contributed by atoms with E-state index in [4.69, 9.17) is 9.47 Å². The van der Waals surface area contributed by atoms with Gasteiger partial charge in [0.05, 0.1) is 12.7 Å². The molecule has 3 aromatic carbocycles. The Labute approximate surface area is 228 Å². The summed E-state index contributed by atoms with van der Waals surface area (Å²) in [5.41, 5.74) is 5.85. The minimum atomic E-state index is -0.566. The molecule has 4 aromatic rings. The van der Waals surface area contributed by atoms with E-state index in [0.717, 1.165) is 61.1 Å². The third-order valence-electron chi connectivity index (χ3n) is 7.13. The van der Waals surface area contributed by atoms with Crippen molar-refractivity contribution in [1.82, 2.24) is 4.57 Å². The topological polar surface area (TPSA) is 43.6 Å². The van der Waals surface area contributed by atoms with E-state index in [9.17, 15) is 5.11 Å². The molecule has 2 unspecified atom stereocenters. The molecular formula is C34H43NO3. The van der Waals surface area contributed by atoms with Gasteiger partial charge in [-0.25, -0.2) is 0 Å². The van der Waals surface area contributed by atoms with Crippen LogP contribution in [0.25, 0.3) is 10.9 Å². The van der Waals surface area contributed by atoms with Gasteiger partial charge in [0, 0.05) is 35.1 Å². The lowest BCUT2D eigenvalue weighted by atomic mass is 9.95. The van der Waals surface area contributed by atoms with E-state index in [2.05, 4.69) is 85.1 Å². The van der Waals surface area contributed by atoms with Gasteiger partial charge in [0.2, 0.25) is 0 Å². The van der Waals surface area contributed by atoms with Crippen LogP contribution in [0.15, 0.2) is 78.9 Å². The van der Waals surface area contributed by atoms with Crippen molar-refractivity contribution in [2.24, 2.45) is 0 Å². The molecule has 0 radical (unpaired) electrons. The van der Waals surface area contributed by atoms with Crippen LogP contribution in [-0.2, 0) is 17.7 Å². The van der Waals surface area contributed by atoms with E-state index < -0.39 is 6.10 Å². The van der Waals surface area contributed by atoms with Gasteiger partial charge in [0.25, 0.3) is 0 Å². The number of ether oxygens (including phenoxy) is 2. The van der Waals surface area contributed by atoms with Crippen molar-refractivity contribution in [3.05, 3.63) is 101 Å². The second-order valence-electron chi connectivity index (χ2n) is 10.2. The fraction of sp³-hybridized carbons (Fsp3) is 0.412. The molecule has 0 amide bonds. The monoisotopic (exact) mass is 513 g/mol. The molecule has 38 heavy (non-hydrogen) atoms. The van der Waals surface area contributed by atoms with E-state index in [-0.39, 0.29) is 12.2 Å². The Morgan fingerprint density at radius 3 is 2.24 bits per heavy atom. The zero-order chi connectivity index (χ0) is 26.9. The SMILES string of the molecule is CC.CC(C)c1c(C(O)CCc2ccccc2)c2cc(OC3CCCCO3)ccc2n1Cc1ccccc1. The first-order valence-electron chi connectivity index (χ1n) is 14.3. The number of hydrogen-bond donors (Lipinski definition) is 1. The molecule has 0 saturated carbocycles. The Bertz CT molecular complexity index is 1260. The van der Waals surface area contributed by atoms with E-state index in [1.54, 1.807) is 0 Å². The third-order valence-corrected chi connectivity index (χ3v) is 7.13. The molecule has 0 bridgehead atoms. The molecule has 1 N–H and O–H groups in total. The predicted octanol–water partition coefficient (Wildman–Crippen LogP) is 8.41. The number of rotatable bonds is 9. The highest BCUT2D eigenvalue weighted by Gasteiger charge is 2.26. The molecule has 4 nitrogen and oxygen atoms in total. The predicted molar refractivity (Wildman–Crippen MR) is 157 cm³/mol. The zero-order valence-electron chi connectivity index (χ0n) is 23.4. The fourth-order valence-electron chi connectivity index (χ4n) is 5.41. The van der Waals surface area contributed by atoms with Crippen LogP contribution >= 0.6 is 0 Å². The van der Waals surface area contributed by atoms with E-state index >= 15 is 0 Å². The van der Waals surface area contributed by atoms with Crippen molar-refractivity contribution in [3.8, 4) is 5.75 Å². The molecule has 2 atom stereocenters. The Kier molecular flexibility index (Phi) is 10.0. The lowest BCUT2D eigenvalue weighted by Crippen LogP contribution is -2.24. The van der Waals surface area contributed by atoms with Gasteiger partial charge in [-0.05, 0) is 60.9 Å². The first-order valence-corrected chi connectivity index (χ1v) is 14.3. The summed E-state index contributed by atoms with van der Waals surface area (Å²) in [6, 6.07) is 27.3. The number of nitrogens with zero attached hydrogens (tertiary/aromatic N) is 1. The number of fused-ring (bicyclic) bond motifs is 1. The third kappa shape index (κ3) is 6.67. The molecule has 1 saturated heterocycles. The second-order valence-corrected chi connectivity index (χ2v) is 10.2. The maximum absolute atomic E-state index is 11.6. The second kappa shape index (κ2) is 13.6. The number of aliphatic hydroxyl groups is 1. The van der Waals surface area contributed by atoms with Gasteiger partial charge in [-0.15, -0.1) is 0 Å². The van der Waals surface area contributed by atoms with Crippen molar-refractivity contribution >= 4 is 10.9 Å². The smallest absolute Gasteiger partial charge is 0.199 e. The van der Waals surface area contributed by atoms with Crippen molar-refractivity contribution in [2.75, 3.05) is 6.61 Å². The summed E-state index contributed by atoms with van der Waals surface area (Å²) in [6.45, 7) is 9.95. The van der Waals surface area contributed by atoms with Gasteiger partial charge in [-0.3, -0.25) is 0 Å². The minimum absolute atomic E-state index is 0.196. The van der Waals surface area contributed by atoms with Crippen LogP contribution in [-0.4, -0.2) is 22.6 Å². The van der Waals surface area contributed by atoms with Crippen LogP contribution in [0, 0.1) is 0 Å². The summed E-state index contributed by atoms with van der Waals surface area (Å²) in [5.74, 6) is 1.06. The molecule has 5 rings (SSSR count). The molecule has 1 aliphatic rings. The van der Waals surface area contributed by atoms with Crippen molar-refractivity contribution in [1.29, 1.82) is 0 Å². The first-order chi connectivity index (χ1) is 18.6. The number of aryl methyl sites for hydroxylation is 1. The molecule has 2 heterocycles. The fourth-order valence-corrected chi connectivity index (χ4v) is 5.41. The average molecular weight is 514 g/mol. The molecule has 4 heteroatoms. The summed E-state index contributed by atoms with van der Waals surface area (Å²) < 4.78 is 14.5. The Morgan fingerprint density at radius 2 is 1.61 bits per heavy atom. The van der Waals surface area contributed by atoms with Crippen LogP contribution in [0.3, 0.4) is 0 Å². The van der Waals surface area contributed by atoms with Crippen LogP contribution in [0.5, 0.6) is 5.75 Å². The van der Waals surface area contributed by atoms with E-state index in [1.165, 1.54) is 16.8 Å². The Balaban J connectivity index is 0.00000164. The van der Waals surface area contributed by atoms with Gasteiger partial charge >= 0.3 is 0 Å². The highest BCUT2D eigenvalue weighted by Crippen LogP contribution is 2.39. The van der Waals surface area contributed by atoms with Gasteiger partial charge < -0.3 is 19.1 Å². The van der Waals surface area contributed by atoms with E-state index in [0.29, 0.717) is 6.42 Å². The van der Waals surface area contributed by atoms with E-state index in [1.807, 2.05) is 26.0 Å². The number of benzene rings is 3. The molecule has 0 aliphatic carbocycles. The Morgan fingerprint density at radius 1 is 0.921 bits per heavy atom.